The second-order valence-electron chi connectivity index (χ2n) is 4.43. The molecule has 10 heteroatoms. The molecular formula is C11H9BN4O5. The maximum atomic E-state index is 11.8. The first-order valence-electron chi connectivity index (χ1n) is 6.04. The van der Waals surface area contributed by atoms with Gasteiger partial charge < -0.3 is 15.5 Å². The van der Waals surface area contributed by atoms with Crippen molar-refractivity contribution in [1.29, 1.82) is 0 Å². The topological polar surface area (TPSA) is 130 Å². The van der Waals surface area contributed by atoms with Crippen molar-refractivity contribution in [1.82, 2.24) is 19.4 Å². The van der Waals surface area contributed by atoms with E-state index in [1.54, 1.807) is 6.07 Å². The van der Waals surface area contributed by atoms with Crippen LogP contribution in [0.2, 0.25) is 6.82 Å². The van der Waals surface area contributed by atoms with Gasteiger partial charge in [0.25, 0.3) is 0 Å². The molecule has 9 nitrogen and oxygen atoms in total. The van der Waals surface area contributed by atoms with E-state index in [-0.39, 0.29) is 26.4 Å². The largest absolute Gasteiger partial charge is 0.508 e. The second-order valence-corrected chi connectivity index (χ2v) is 4.43. The lowest BCUT2D eigenvalue weighted by Crippen LogP contribution is -2.38. The Labute approximate surface area is 116 Å². The number of hydrogen-bond donors (Lipinski definition) is 3. The number of hydrogen-bond acceptors (Lipinski definition) is 7. The van der Waals surface area contributed by atoms with E-state index in [9.17, 15) is 25.1 Å². The van der Waals surface area contributed by atoms with Gasteiger partial charge in [-0.05, 0) is 11.5 Å². The molecule has 0 aliphatic rings. The zero-order valence-corrected chi connectivity index (χ0v) is 10.8. The first-order valence-corrected chi connectivity index (χ1v) is 6.04. The number of nitrogens with zero attached hydrogens (tertiary/aromatic N) is 4. The Hall–Kier alpha value is -3.04. The molecular weight excluding hydrogens is 279 g/mol. The van der Waals surface area contributed by atoms with E-state index >= 15 is 0 Å². The van der Waals surface area contributed by atoms with E-state index < -0.39 is 16.8 Å². The van der Waals surface area contributed by atoms with Gasteiger partial charge in [0.1, 0.15) is 5.75 Å². The van der Waals surface area contributed by atoms with Gasteiger partial charge in [-0.1, -0.05) is 11.6 Å². The molecule has 0 amide bonds. The lowest BCUT2D eigenvalue weighted by atomic mass is 9.72. The molecule has 3 N–H and O–H groups in total. The molecule has 0 bridgehead atoms. The van der Waals surface area contributed by atoms with Crippen molar-refractivity contribution in [2.24, 2.45) is 0 Å². The van der Waals surface area contributed by atoms with Gasteiger partial charge in [-0.25, -0.2) is 14.8 Å². The predicted molar refractivity (Wildman–Crippen MR) is 74.2 cm³/mol. The maximum absolute atomic E-state index is 11.8. The Bertz CT molecular complexity index is 1010. The van der Waals surface area contributed by atoms with Crippen molar-refractivity contribution < 1.29 is 15.5 Å². The summed E-state index contributed by atoms with van der Waals surface area (Å²) >= 11 is 0. The molecule has 0 fully saturated rings. The van der Waals surface area contributed by atoms with Crippen LogP contribution in [0.1, 0.15) is 0 Å². The van der Waals surface area contributed by atoms with Crippen molar-refractivity contribution in [3.05, 3.63) is 33.0 Å². The predicted octanol–water partition coefficient (Wildman–Crippen LogP) is -1.60. The maximum Gasteiger partial charge on any atom is 0.399 e. The summed E-state index contributed by atoms with van der Waals surface area (Å²) in [5, 5.41) is 28.7. The molecule has 106 valence electrons. The van der Waals surface area contributed by atoms with Gasteiger partial charge in [-0.15, -0.1) is 4.73 Å². The highest BCUT2D eigenvalue weighted by Crippen LogP contribution is 2.16. The minimum absolute atomic E-state index is 0.000272. The third-order valence-corrected chi connectivity index (χ3v) is 3.19. The van der Waals surface area contributed by atoms with Crippen LogP contribution in [0.4, 0.5) is 0 Å². The molecule has 0 radical (unpaired) electrons. The van der Waals surface area contributed by atoms with E-state index in [1.165, 1.54) is 6.07 Å². The highest BCUT2D eigenvalue weighted by Gasteiger charge is 2.16. The smallest absolute Gasteiger partial charge is 0.399 e. The third kappa shape index (κ3) is 1.72. The van der Waals surface area contributed by atoms with Crippen LogP contribution in [-0.4, -0.2) is 42.2 Å². The van der Waals surface area contributed by atoms with Gasteiger partial charge in [0.15, 0.2) is 12.8 Å². The molecule has 0 aliphatic carbocycles. The van der Waals surface area contributed by atoms with E-state index in [4.69, 9.17) is 0 Å². The van der Waals surface area contributed by atoms with Gasteiger partial charge >= 0.3 is 11.2 Å². The fourth-order valence-corrected chi connectivity index (χ4v) is 2.07. The van der Waals surface area contributed by atoms with Crippen molar-refractivity contribution >= 4 is 34.9 Å². The van der Waals surface area contributed by atoms with Crippen LogP contribution >= 0.6 is 0 Å². The quantitative estimate of drug-likeness (QED) is 0.279. The summed E-state index contributed by atoms with van der Waals surface area (Å²) in [5.74, 6) is 0.000272. The standard InChI is InChI=1S/C11H9BN4O5/c1-12-4-2-5-6(3-7(4)17)13-8-9(14-5)15(20)11(19)16(21)10(8)18/h2-3,12,17,20-21H,1H3. The Balaban J connectivity index is 2.55. The van der Waals surface area contributed by atoms with Crippen LogP contribution in [0.15, 0.2) is 21.7 Å². The molecule has 2 aromatic heterocycles. The Morgan fingerprint density at radius 2 is 1.76 bits per heavy atom. The van der Waals surface area contributed by atoms with Crippen LogP contribution in [0, 0.1) is 0 Å². The number of phenols is 1. The molecule has 21 heavy (non-hydrogen) atoms. The lowest BCUT2D eigenvalue weighted by Gasteiger charge is -2.07. The van der Waals surface area contributed by atoms with Crippen molar-refractivity contribution in [3.8, 4) is 5.75 Å². The highest BCUT2D eigenvalue weighted by molar-refractivity contribution is 6.53. The monoisotopic (exact) mass is 288 g/mol. The van der Waals surface area contributed by atoms with Gasteiger partial charge in [0.05, 0.1) is 11.0 Å². The van der Waals surface area contributed by atoms with E-state index in [0.29, 0.717) is 18.3 Å². The van der Waals surface area contributed by atoms with Crippen LogP contribution in [-0.2, 0) is 0 Å². The second kappa shape index (κ2) is 4.23. The van der Waals surface area contributed by atoms with E-state index in [2.05, 4.69) is 9.97 Å². The molecule has 0 unspecified atom stereocenters. The summed E-state index contributed by atoms with van der Waals surface area (Å²) in [6.07, 6.45) is 0. The molecule has 3 aromatic rings. The zero-order chi connectivity index (χ0) is 15.3. The number of rotatable bonds is 1. The summed E-state index contributed by atoms with van der Waals surface area (Å²) in [7, 11) is 0.547. The van der Waals surface area contributed by atoms with Crippen LogP contribution in [0.5, 0.6) is 5.75 Å². The summed E-state index contributed by atoms with van der Waals surface area (Å²) in [6.45, 7) is 1.84. The van der Waals surface area contributed by atoms with Gasteiger partial charge in [0, 0.05) is 6.07 Å². The lowest BCUT2D eigenvalue weighted by molar-refractivity contribution is 0.110. The third-order valence-electron chi connectivity index (χ3n) is 3.19. The minimum atomic E-state index is -1.34. The summed E-state index contributed by atoms with van der Waals surface area (Å²) in [4.78, 5) is 31.2. The van der Waals surface area contributed by atoms with Crippen molar-refractivity contribution in [3.63, 3.8) is 0 Å². The molecule has 0 saturated carbocycles. The summed E-state index contributed by atoms with van der Waals surface area (Å²) in [5.41, 5.74) is -2.09. The fourth-order valence-electron chi connectivity index (χ4n) is 2.07. The molecule has 0 aliphatic heterocycles. The van der Waals surface area contributed by atoms with E-state index in [1.807, 2.05) is 6.82 Å². The summed E-state index contributed by atoms with van der Waals surface area (Å²) in [6, 6.07) is 2.88. The first-order chi connectivity index (χ1) is 9.93. The van der Waals surface area contributed by atoms with E-state index in [0.717, 1.165) is 0 Å². The minimum Gasteiger partial charge on any atom is -0.508 e. The normalized spacial score (nSPS) is 11.1. The molecule has 3 rings (SSSR count). The van der Waals surface area contributed by atoms with Gasteiger partial charge in [-0.3, -0.25) is 4.79 Å². The number of aromatic nitrogens is 4. The molecule has 0 spiro atoms. The number of benzene rings is 1. The molecule has 2 heterocycles. The van der Waals surface area contributed by atoms with Gasteiger partial charge in [0.2, 0.25) is 5.65 Å². The fraction of sp³-hybridized carbons (Fsp3) is 0.0909. The highest BCUT2D eigenvalue weighted by atomic mass is 16.5. The average Bonchev–Trinajstić information content (AvgIpc) is 2.48. The zero-order valence-electron chi connectivity index (χ0n) is 10.8. The van der Waals surface area contributed by atoms with Crippen LogP contribution in [0.3, 0.4) is 0 Å². The van der Waals surface area contributed by atoms with Crippen molar-refractivity contribution in [2.45, 2.75) is 6.82 Å². The molecule has 0 atom stereocenters. The van der Waals surface area contributed by atoms with Crippen LogP contribution in [0.25, 0.3) is 22.2 Å². The molecule has 1 aromatic carbocycles. The SMILES string of the molecule is CBc1cc2nc3c(nc2cc1O)c(=O)n(O)c(=O)n3O. The number of fused-ring (bicyclic) bond motifs is 2. The average molecular weight is 288 g/mol. The first kappa shape index (κ1) is 13.0. The van der Waals surface area contributed by atoms with Crippen LogP contribution < -0.4 is 16.7 Å². The summed E-state index contributed by atoms with van der Waals surface area (Å²) < 4.78 is -0.217. The Kier molecular flexibility index (Phi) is 2.61. The number of aromatic hydroxyl groups is 1. The number of phenolic OH excluding ortho intramolecular Hbond substituents is 1. The Morgan fingerprint density at radius 3 is 2.43 bits per heavy atom. The molecule has 0 saturated heterocycles. The van der Waals surface area contributed by atoms with Crippen molar-refractivity contribution in [2.75, 3.05) is 0 Å². The van der Waals surface area contributed by atoms with Gasteiger partial charge in [-0.2, -0.15) is 0 Å². The Morgan fingerprint density at radius 1 is 1.10 bits per heavy atom.